The Bertz CT molecular complexity index is 454. The predicted molar refractivity (Wildman–Crippen MR) is 61.2 cm³/mol. The monoisotopic (exact) mass is 278 g/mol. The van der Waals surface area contributed by atoms with Crippen LogP contribution >= 0.6 is 0 Å². The van der Waals surface area contributed by atoms with Crippen LogP contribution in [-0.2, 0) is 10.9 Å². The summed E-state index contributed by atoms with van der Waals surface area (Å²) < 4.78 is 55.4. The highest BCUT2D eigenvalue weighted by molar-refractivity contribution is 5.89. The largest absolute Gasteiger partial charge is 0.459 e. The molecule has 19 heavy (non-hydrogen) atoms. The highest BCUT2D eigenvalue weighted by Crippen LogP contribution is 2.30. The highest BCUT2D eigenvalue weighted by Gasteiger charge is 2.32. The molecule has 1 atom stereocenters. The summed E-state index contributed by atoms with van der Waals surface area (Å²) in [4.78, 5) is 11.6. The van der Waals surface area contributed by atoms with Crippen LogP contribution in [0.25, 0.3) is 0 Å². The Morgan fingerprint density at radius 2 is 1.95 bits per heavy atom. The topological polar surface area (TPSA) is 26.3 Å². The lowest BCUT2D eigenvalue weighted by atomic mass is 10.1. The van der Waals surface area contributed by atoms with E-state index >= 15 is 0 Å². The van der Waals surface area contributed by atoms with E-state index in [0.29, 0.717) is 18.6 Å². The second-order valence-electron chi connectivity index (χ2n) is 4.23. The van der Waals surface area contributed by atoms with Gasteiger partial charge >= 0.3 is 12.1 Å². The molecule has 0 N–H and O–H groups in total. The van der Waals surface area contributed by atoms with E-state index in [-0.39, 0.29) is 0 Å². The maximum absolute atomic E-state index is 13.1. The Morgan fingerprint density at radius 3 is 2.47 bits per heavy atom. The molecule has 106 valence electrons. The summed E-state index contributed by atoms with van der Waals surface area (Å²) in [6, 6.07) is 1.66. The van der Waals surface area contributed by atoms with Crippen LogP contribution < -0.4 is 0 Å². The van der Waals surface area contributed by atoms with Crippen molar-refractivity contribution in [3.05, 3.63) is 35.1 Å². The molecule has 0 heterocycles. The third-order valence-electron chi connectivity index (χ3n) is 2.46. The van der Waals surface area contributed by atoms with Crippen molar-refractivity contribution < 1.29 is 27.1 Å². The van der Waals surface area contributed by atoms with Gasteiger partial charge in [0.1, 0.15) is 5.82 Å². The Kier molecular flexibility index (Phi) is 4.91. The first-order valence-corrected chi connectivity index (χ1v) is 5.82. The molecule has 0 saturated heterocycles. The smallest absolute Gasteiger partial charge is 0.416 e. The Hall–Kier alpha value is -1.59. The minimum Gasteiger partial charge on any atom is -0.459 e. The van der Waals surface area contributed by atoms with Crippen molar-refractivity contribution in [3.63, 3.8) is 0 Å². The van der Waals surface area contributed by atoms with Crippen molar-refractivity contribution in [3.8, 4) is 0 Å². The van der Waals surface area contributed by atoms with Gasteiger partial charge in [-0.15, -0.1) is 0 Å². The molecule has 1 aromatic carbocycles. The lowest BCUT2D eigenvalue weighted by Crippen LogP contribution is -2.16. The van der Waals surface area contributed by atoms with E-state index in [0.717, 1.165) is 12.5 Å². The van der Waals surface area contributed by atoms with E-state index in [1.165, 1.54) is 0 Å². The highest BCUT2D eigenvalue weighted by atomic mass is 19.4. The number of esters is 1. The third kappa shape index (κ3) is 4.54. The van der Waals surface area contributed by atoms with Gasteiger partial charge in [0, 0.05) is 0 Å². The van der Waals surface area contributed by atoms with Crippen molar-refractivity contribution in [1.82, 2.24) is 0 Å². The molecule has 6 heteroatoms. The van der Waals surface area contributed by atoms with E-state index in [1.54, 1.807) is 6.92 Å². The summed E-state index contributed by atoms with van der Waals surface area (Å²) >= 11 is 0. The van der Waals surface area contributed by atoms with Crippen molar-refractivity contribution in [2.24, 2.45) is 0 Å². The molecule has 1 aromatic rings. The number of alkyl halides is 3. The fourth-order valence-electron chi connectivity index (χ4n) is 1.59. The van der Waals surface area contributed by atoms with E-state index in [9.17, 15) is 22.4 Å². The first kappa shape index (κ1) is 15.5. The number of carbonyl (C=O) groups excluding carboxylic acids is 1. The van der Waals surface area contributed by atoms with Crippen LogP contribution in [0.5, 0.6) is 0 Å². The molecule has 0 amide bonds. The zero-order valence-corrected chi connectivity index (χ0v) is 10.6. The molecule has 2 nitrogen and oxygen atoms in total. The number of carbonyl (C=O) groups is 1. The summed E-state index contributed by atoms with van der Waals surface area (Å²) in [6.45, 7) is 3.51. The molecule has 1 rings (SSSR count). The molecule has 0 saturated carbocycles. The van der Waals surface area contributed by atoms with Gasteiger partial charge < -0.3 is 4.74 Å². The average molecular weight is 278 g/mol. The fraction of sp³-hybridized carbons (Fsp3) is 0.462. The molecule has 0 aliphatic carbocycles. The van der Waals surface area contributed by atoms with Gasteiger partial charge in [0.2, 0.25) is 0 Å². The molecular weight excluding hydrogens is 264 g/mol. The van der Waals surface area contributed by atoms with E-state index < -0.39 is 35.2 Å². The molecule has 0 bridgehead atoms. The van der Waals surface area contributed by atoms with Crippen molar-refractivity contribution in [2.45, 2.75) is 39.0 Å². The van der Waals surface area contributed by atoms with Crippen molar-refractivity contribution in [1.29, 1.82) is 0 Å². The van der Waals surface area contributed by atoms with Gasteiger partial charge in [0.05, 0.1) is 17.2 Å². The summed E-state index contributed by atoms with van der Waals surface area (Å²) in [5.74, 6) is -2.07. The first-order valence-electron chi connectivity index (χ1n) is 5.82. The van der Waals surface area contributed by atoms with Crippen LogP contribution in [0, 0.1) is 5.82 Å². The van der Waals surface area contributed by atoms with E-state index in [4.69, 9.17) is 4.74 Å². The Morgan fingerprint density at radius 1 is 1.32 bits per heavy atom. The Labute approximate surface area is 108 Å². The number of hydrogen-bond acceptors (Lipinski definition) is 2. The summed E-state index contributed by atoms with van der Waals surface area (Å²) in [7, 11) is 0. The number of ether oxygens (including phenoxy) is 1. The van der Waals surface area contributed by atoms with Crippen molar-refractivity contribution in [2.75, 3.05) is 0 Å². The molecule has 0 spiro atoms. The van der Waals surface area contributed by atoms with Gasteiger partial charge in [0.25, 0.3) is 0 Å². The van der Waals surface area contributed by atoms with Crippen LogP contribution in [-0.4, -0.2) is 12.1 Å². The van der Waals surface area contributed by atoms with Crippen molar-refractivity contribution >= 4 is 5.97 Å². The zero-order chi connectivity index (χ0) is 14.6. The first-order chi connectivity index (χ1) is 8.74. The number of benzene rings is 1. The molecule has 0 aromatic heterocycles. The van der Waals surface area contributed by atoms with E-state index in [2.05, 4.69) is 0 Å². The van der Waals surface area contributed by atoms with Crippen LogP contribution in [0.1, 0.15) is 42.6 Å². The summed E-state index contributed by atoms with van der Waals surface area (Å²) in [5, 5.41) is 0. The van der Waals surface area contributed by atoms with Gasteiger partial charge in [-0.2, -0.15) is 13.2 Å². The number of hydrogen-bond donors (Lipinski definition) is 0. The number of halogens is 4. The second kappa shape index (κ2) is 6.04. The lowest BCUT2D eigenvalue weighted by molar-refractivity contribution is -0.137. The van der Waals surface area contributed by atoms with E-state index in [1.807, 2.05) is 6.92 Å². The Balaban J connectivity index is 2.95. The molecular formula is C13H14F4O2. The molecule has 1 unspecified atom stereocenters. The van der Waals surface area contributed by atoms with Gasteiger partial charge in [-0.05, 0) is 31.5 Å². The van der Waals surface area contributed by atoms with Gasteiger partial charge in [-0.25, -0.2) is 9.18 Å². The number of rotatable bonds is 4. The quantitative estimate of drug-likeness (QED) is 0.609. The third-order valence-corrected chi connectivity index (χ3v) is 2.46. The summed E-state index contributed by atoms with van der Waals surface area (Å²) in [6.07, 6.45) is -3.76. The minimum atomic E-state index is -4.70. The molecule has 0 radical (unpaired) electrons. The van der Waals surface area contributed by atoms with Gasteiger partial charge in [0.15, 0.2) is 0 Å². The van der Waals surface area contributed by atoms with Crippen LogP contribution in [0.15, 0.2) is 18.2 Å². The predicted octanol–water partition coefficient (Wildman–Crippen LogP) is 4.19. The standard InChI is InChI=1S/C13H14F4O2/c1-3-4-8(2)19-12(18)9-5-10(13(15,16)17)7-11(14)6-9/h5-8H,3-4H2,1-2H3. The minimum absolute atomic E-state index is 0.340. The van der Waals surface area contributed by atoms with Crippen LogP contribution in [0.3, 0.4) is 0 Å². The summed E-state index contributed by atoms with van der Waals surface area (Å²) in [5.41, 5.74) is -1.64. The molecule has 0 fully saturated rings. The molecule has 0 aliphatic rings. The zero-order valence-electron chi connectivity index (χ0n) is 10.6. The van der Waals surface area contributed by atoms with Crippen LogP contribution in [0.2, 0.25) is 0 Å². The fourth-order valence-corrected chi connectivity index (χ4v) is 1.59. The molecule has 0 aliphatic heterocycles. The normalized spacial score (nSPS) is 13.2. The average Bonchev–Trinajstić information content (AvgIpc) is 2.27. The second-order valence-corrected chi connectivity index (χ2v) is 4.23. The van der Waals surface area contributed by atoms with Gasteiger partial charge in [-0.3, -0.25) is 0 Å². The SMILES string of the molecule is CCCC(C)OC(=O)c1cc(F)cc(C(F)(F)F)c1. The lowest BCUT2D eigenvalue weighted by Gasteiger charge is -2.13. The van der Waals surface area contributed by atoms with Gasteiger partial charge in [-0.1, -0.05) is 13.3 Å². The maximum Gasteiger partial charge on any atom is 0.416 e. The maximum atomic E-state index is 13.1. The van der Waals surface area contributed by atoms with Crippen LogP contribution in [0.4, 0.5) is 17.6 Å².